The fraction of sp³-hybridized carbons (Fsp3) is 0.0714. The van der Waals surface area contributed by atoms with E-state index >= 15 is 0 Å². The molecule has 2 aromatic rings. The summed E-state index contributed by atoms with van der Waals surface area (Å²) in [6.45, 7) is 0.312. The first-order chi connectivity index (χ1) is 9.06. The highest BCUT2D eigenvalue weighted by molar-refractivity contribution is 6.32. The van der Waals surface area contributed by atoms with Crippen molar-refractivity contribution in [2.75, 3.05) is 0 Å². The van der Waals surface area contributed by atoms with Crippen molar-refractivity contribution in [1.29, 1.82) is 0 Å². The average Bonchev–Trinajstić information content (AvgIpc) is 2.37. The Labute approximate surface area is 120 Å². The number of hydrogen-bond donors (Lipinski definition) is 1. The van der Waals surface area contributed by atoms with E-state index in [1.54, 1.807) is 12.1 Å². The summed E-state index contributed by atoms with van der Waals surface area (Å²) in [5.41, 5.74) is 1.03. The molecule has 0 atom stereocenters. The molecule has 3 nitrogen and oxygen atoms in total. The second kappa shape index (κ2) is 5.95. The molecule has 2 aromatic carbocycles. The van der Waals surface area contributed by atoms with Crippen molar-refractivity contribution >= 4 is 29.2 Å². The van der Waals surface area contributed by atoms with Crippen LogP contribution in [0.5, 0.6) is 5.75 Å². The summed E-state index contributed by atoms with van der Waals surface area (Å²) >= 11 is 11.8. The monoisotopic (exact) mass is 296 g/mol. The lowest BCUT2D eigenvalue weighted by Gasteiger charge is -2.08. The molecule has 19 heavy (non-hydrogen) atoms. The summed E-state index contributed by atoms with van der Waals surface area (Å²) in [5, 5.41) is 9.72. The molecule has 5 heteroatoms. The van der Waals surface area contributed by atoms with Crippen molar-refractivity contribution < 1.29 is 14.6 Å². The van der Waals surface area contributed by atoms with Crippen LogP contribution in [0.4, 0.5) is 0 Å². The summed E-state index contributed by atoms with van der Waals surface area (Å²) in [6, 6.07) is 11.6. The maximum Gasteiger partial charge on any atom is 0.335 e. The third-order valence-corrected chi connectivity index (χ3v) is 2.99. The zero-order valence-corrected chi connectivity index (χ0v) is 11.3. The van der Waals surface area contributed by atoms with Crippen molar-refractivity contribution in [2.45, 2.75) is 6.61 Å². The normalized spacial score (nSPS) is 10.2. The molecular weight excluding hydrogens is 287 g/mol. The molecule has 2 rings (SSSR count). The van der Waals surface area contributed by atoms with E-state index in [9.17, 15) is 4.79 Å². The van der Waals surface area contributed by atoms with Crippen LogP contribution in [-0.2, 0) is 6.61 Å². The van der Waals surface area contributed by atoms with E-state index in [-0.39, 0.29) is 10.6 Å². The zero-order chi connectivity index (χ0) is 13.8. The number of rotatable bonds is 4. The molecule has 0 radical (unpaired) electrons. The summed E-state index contributed by atoms with van der Waals surface area (Å²) in [7, 11) is 0. The zero-order valence-electron chi connectivity index (χ0n) is 9.77. The number of carboxylic acids is 1. The molecule has 0 bridgehead atoms. The highest BCUT2D eigenvalue weighted by atomic mass is 35.5. The number of halogens is 2. The van der Waals surface area contributed by atoms with Crippen LogP contribution in [0.2, 0.25) is 10.0 Å². The molecule has 0 heterocycles. The Hall–Kier alpha value is -1.71. The Morgan fingerprint density at radius 3 is 2.58 bits per heavy atom. The Kier molecular flexibility index (Phi) is 4.30. The van der Waals surface area contributed by atoms with Gasteiger partial charge in [0.1, 0.15) is 12.4 Å². The van der Waals surface area contributed by atoms with Crippen LogP contribution < -0.4 is 4.74 Å². The van der Waals surface area contributed by atoms with Crippen molar-refractivity contribution in [3.05, 3.63) is 63.6 Å². The minimum Gasteiger partial charge on any atom is -0.487 e. The number of carboxylic acid groups (broad SMARTS) is 1. The molecule has 0 fully saturated rings. The van der Waals surface area contributed by atoms with Crippen LogP contribution in [0, 0.1) is 0 Å². The Morgan fingerprint density at radius 2 is 1.95 bits per heavy atom. The SMILES string of the molecule is O=C(O)c1ccc(OCc2cccc(Cl)c2)c(Cl)c1. The van der Waals surface area contributed by atoms with Crippen LogP contribution in [-0.4, -0.2) is 11.1 Å². The van der Waals surface area contributed by atoms with Crippen molar-refractivity contribution in [3.8, 4) is 5.75 Å². The van der Waals surface area contributed by atoms with Gasteiger partial charge in [0.2, 0.25) is 0 Å². The van der Waals surface area contributed by atoms with E-state index in [4.69, 9.17) is 33.0 Å². The second-order valence-electron chi connectivity index (χ2n) is 3.87. The molecule has 0 saturated carbocycles. The number of ether oxygens (including phenoxy) is 1. The lowest BCUT2D eigenvalue weighted by molar-refractivity contribution is 0.0697. The first kappa shape index (κ1) is 13.7. The molecule has 0 amide bonds. The third kappa shape index (κ3) is 3.63. The summed E-state index contributed by atoms with van der Waals surface area (Å²) in [4.78, 5) is 10.8. The van der Waals surface area contributed by atoms with Gasteiger partial charge < -0.3 is 9.84 Å². The van der Waals surface area contributed by atoms with Gasteiger partial charge in [0.15, 0.2) is 0 Å². The first-order valence-electron chi connectivity index (χ1n) is 5.46. The molecular formula is C14H10Cl2O3. The summed E-state index contributed by atoms with van der Waals surface area (Å²) in [6.07, 6.45) is 0. The maximum atomic E-state index is 10.8. The quantitative estimate of drug-likeness (QED) is 0.916. The molecule has 0 saturated heterocycles. The van der Waals surface area contributed by atoms with Gasteiger partial charge in [-0.15, -0.1) is 0 Å². The smallest absolute Gasteiger partial charge is 0.335 e. The fourth-order valence-corrected chi connectivity index (χ4v) is 1.99. The Balaban J connectivity index is 2.10. The van der Waals surface area contributed by atoms with E-state index in [2.05, 4.69) is 0 Å². The van der Waals surface area contributed by atoms with E-state index < -0.39 is 5.97 Å². The highest BCUT2D eigenvalue weighted by Gasteiger charge is 2.08. The first-order valence-corrected chi connectivity index (χ1v) is 6.22. The number of carbonyl (C=O) groups is 1. The van der Waals surface area contributed by atoms with Gasteiger partial charge in [0, 0.05) is 5.02 Å². The van der Waals surface area contributed by atoms with Gasteiger partial charge in [-0.3, -0.25) is 0 Å². The predicted molar refractivity (Wildman–Crippen MR) is 74.2 cm³/mol. The molecule has 0 spiro atoms. The molecule has 98 valence electrons. The van der Waals surface area contributed by atoms with Crippen molar-refractivity contribution in [2.24, 2.45) is 0 Å². The lowest BCUT2D eigenvalue weighted by Crippen LogP contribution is -1.99. The maximum absolute atomic E-state index is 10.8. The molecule has 0 aliphatic carbocycles. The molecule has 0 aliphatic heterocycles. The van der Waals surface area contributed by atoms with Crippen molar-refractivity contribution in [1.82, 2.24) is 0 Å². The molecule has 0 aromatic heterocycles. The number of hydrogen-bond acceptors (Lipinski definition) is 2. The van der Waals surface area contributed by atoms with Gasteiger partial charge in [-0.1, -0.05) is 35.3 Å². The van der Waals surface area contributed by atoms with E-state index in [0.717, 1.165) is 5.56 Å². The van der Waals surface area contributed by atoms with E-state index in [0.29, 0.717) is 17.4 Å². The average molecular weight is 297 g/mol. The topological polar surface area (TPSA) is 46.5 Å². The molecule has 0 aliphatic rings. The fourth-order valence-electron chi connectivity index (χ4n) is 1.54. The van der Waals surface area contributed by atoms with Gasteiger partial charge in [-0.25, -0.2) is 4.79 Å². The van der Waals surface area contributed by atoms with Crippen LogP contribution in [0.3, 0.4) is 0 Å². The van der Waals surface area contributed by atoms with Gasteiger partial charge >= 0.3 is 5.97 Å². The van der Waals surface area contributed by atoms with Gasteiger partial charge in [-0.2, -0.15) is 0 Å². The molecule has 1 N–H and O–H groups in total. The van der Waals surface area contributed by atoms with Crippen LogP contribution in [0.1, 0.15) is 15.9 Å². The second-order valence-corrected chi connectivity index (χ2v) is 4.71. The largest absolute Gasteiger partial charge is 0.487 e. The van der Waals surface area contributed by atoms with Crippen LogP contribution in [0.15, 0.2) is 42.5 Å². The summed E-state index contributed by atoms with van der Waals surface area (Å²) in [5.74, 6) is -0.588. The van der Waals surface area contributed by atoms with Crippen LogP contribution >= 0.6 is 23.2 Å². The van der Waals surface area contributed by atoms with Crippen LogP contribution in [0.25, 0.3) is 0 Å². The third-order valence-electron chi connectivity index (χ3n) is 2.46. The number of benzene rings is 2. The van der Waals surface area contributed by atoms with Gasteiger partial charge in [-0.05, 0) is 35.9 Å². The Bertz CT molecular complexity index is 611. The summed E-state index contributed by atoms with van der Waals surface area (Å²) < 4.78 is 5.53. The Morgan fingerprint density at radius 1 is 1.16 bits per heavy atom. The molecule has 0 unspecified atom stereocenters. The highest BCUT2D eigenvalue weighted by Crippen LogP contribution is 2.26. The standard InChI is InChI=1S/C14H10Cl2O3/c15-11-3-1-2-9(6-11)8-19-13-5-4-10(14(17)18)7-12(13)16/h1-7H,8H2,(H,17,18). The van der Waals surface area contributed by atoms with Crippen molar-refractivity contribution in [3.63, 3.8) is 0 Å². The predicted octanol–water partition coefficient (Wildman–Crippen LogP) is 4.27. The lowest BCUT2D eigenvalue weighted by atomic mass is 10.2. The van der Waals surface area contributed by atoms with E-state index in [1.165, 1.54) is 18.2 Å². The van der Waals surface area contributed by atoms with E-state index in [1.807, 2.05) is 12.1 Å². The van der Waals surface area contributed by atoms with Gasteiger partial charge in [0.05, 0.1) is 10.6 Å². The minimum atomic E-state index is -1.02. The minimum absolute atomic E-state index is 0.125. The van der Waals surface area contributed by atoms with Gasteiger partial charge in [0.25, 0.3) is 0 Å². The number of aromatic carboxylic acids is 1.